The number of fused-ring (bicyclic) bond motifs is 3. The van der Waals surface area contributed by atoms with Crippen LogP contribution in [0.2, 0.25) is 0 Å². The average Bonchev–Trinajstić information content (AvgIpc) is 2.67. The fraction of sp³-hybridized carbons (Fsp3) is 0.455. The van der Waals surface area contributed by atoms with E-state index >= 15 is 0 Å². The highest BCUT2D eigenvalue weighted by Crippen LogP contribution is 2.58. The number of nitrogen functional groups attached to an aromatic ring is 1. The number of likely N-dealkylation sites (N-methyl/N-ethyl adjacent to an activating group) is 1. The van der Waals surface area contributed by atoms with Gasteiger partial charge in [0.2, 0.25) is 5.91 Å². The van der Waals surface area contributed by atoms with Gasteiger partial charge in [-0.2, -0.15) is 0 Å². The quantitative estimate of drug-likeness (QED) is 0.289. The van der Waals surface area contributed by atoms with Crippen molar-refractivity contribution in [2.24, 2.45) is 17.1 Å². The molecule has 0 aliphatic heterocycles. The van der Waals surface area contributed by atoms with Crippen molar-refractivity contribution in [2.45, 2.75) is 37.8 Å². The summed E-state index contributed by atoms with van der Waals surface area (Å²) < 4.78 is 14.7. The van der Waals surface area contributed by atoms with Crippen molar-refractivity contribution >= 4 is 17.4 Å². The summed E-state index contributed by atoms with van der Waals surface area (Å²) in [6.07, 6.45) is -0.462. The molecule has 9 nitrogen and oxygen atoms in total. The minimum absolute atomic E-state index is 0.0269. The second kappa shape index (κ2) is 6.69. The smallest absolute Gasteiger partial charge is 0.248 e. The highest BCUT2D eigenvalue weighted by molar-refractivity contribution is 6.15. The molecule has 8 N–H and O–H groups in total. The van der Waals surface area contributed by atoms with Gasteiger partial charge in [-0.15, -0.1) is 0 Å². The molecule has 3 aliphatic carbocycles. The van der Waals surface area contributed by atoms with Gasteiger partial charge in [0.25, 0.3) is 0 Å². The first-order chi connectivity index (χ1) is 14.7. The number of hydrogen-bond acceptors (Lipinski definition) is 8. The predicted molar refractivity (Wildman–Crippen MR) is 112 cm³/mol. The van der Waals surface area contributed by atoms with Crippen molar-refractivity contribution < 1.29 is 34.4 Å². The number of halogens is 1. The molecule has 0 radical (unpaired) electrons. The van der Waals surface area contributed by atoms with E-state index in [1.165, 1.54) is 0 Å². The summed E-state index contributed by atoms with van der Waals surface area (Å²) in [5.41, 5.74) is 6.72. The van der Waals surface area contributed by atoms with E-state index in [1.807, 2.05) is 0 Å². The zero-order valence-corrected chi connectivity index (χ0v) is 17.9. The standard InChI is InChI=1S/C22H26FN3O6/c1-21-5-8-11(23)4-12(24)17(28)13(8)18(29)14(21)19(30)22(32)6-9(20(25)31)16(27)15(26(2)3)10(22)7-21/h4,10,15,27-28,30,32H,5-7,24H2,1-3H3,(H2,25,31)/t10-,15-,21-,22-/m0/s1. The Morgan fingerprint density at radius 1 is 1.25 bits per heavy atom. The van der Waals surface area contributed by atoms with Crippen LogP contribution < -0.4 is 11.5 Å². The molecular formula is C22H26FN3O6. The third kappa shape index (κ3) is 2.69. The van der Waals surface area contributed by atoms with Crippen molar-refractivity contribution in [1.82, 2.24) is 4.90 Å². The van der Waals surface area contributed by atoms with E-state index in [-0.39, 0.29) is 46.6 Å². The van der Waals surface area contributed by atoms with Crippen molar-refractivity contribution in [3.05, 3.63) is 45.7 Å². The van der Waals surface area contributed by atoms with E-state index in [1.54, 1.807) is 25.9 Å². The number of ketones is 1. The molecule has 0 saturated heterocycles. The van der Waals surface area contributed by atoms with E-state index in [2.05, 4.69) is 0 Å². The molecule has 1 aromatic carbocycles. The number of phenolic OH excluding ortho intramolecular Hbond substituents is 1. The molecule has 0 saturated carbocycles. The summed E-state index contributed by atoms with van der Waals surface area (Å²) in [6.45, 7) is 1.66. The van der Waals surface area contributed by atoms with Gasteiger partial charge in [-0.25, -0.2) is 4.39 Å². The van der Waals surface area contributed by atoms with Crippen LogP contribution in [0.5, 0.6) is 5.75 Å². The zero-order valence-electron chi connectivity index (χ0n) is 17.9. The van der Waals surface area contributed by atoms with Crippen LogP contribution in [0.25, 0.3) is 0 Å². The fourth-order valence-electron chi connectivity index (χ4n) is 5.74. The maximum Gasteiger partial charge on any atom is 0.248 e. The Kier molecular flexibility index (Phi) is 4.62. The number of amides is 1. The number of anilines is 1. The minimum Gasteiger partial charge on any atom is -0.510 e. The number of hydrogen-bond donors (Lipinski definition) is 6. The van der Waals surface area contributed by atoms with Gasteiger partial charge in [0.1, 0.15) is 28.7 Å². The number of Topliss-reactive ketones (excluding diaryl/α,β-unsaturated/α-hetero) is 1. The summed E-state index contributed by atoms with van der Waals surface area (Å²) in [4.78, 5) is 27.0. The third-order valence-electron chi connectivity index (χ3n) is 7.21. The van der Waals surface area contributed by atoms with Crippen molar-refractivity contribution in [2.75, 3.05) is 19.8 Å². The Bertz CT molecular complexity index is 1140. The Morgan fingerprint density at radius 2 is 1.88 bits per heavy atom. The lowest BCUT2D eigenvalue weighted by molar-refractivity contribution is -0.119. The van der Waals surface area contributed by atoms with Crippen LogP contribution in [-0.4, -0.2) is 62.8 Å². The van der Waals surface area contributed by atoms with E-state index in [9.17, 15) is 34.4 Å². The Hall–Kier alpha value is -3.11. The average molecular weight is 447 g/mol. The van der Waals surface area contributed by atoms with Crippen LogP contribution in [0.3, 0.4) is 0 Å². The van der Waals surface area contributed by atoms with Crippen molar-refractivity contribution in [3.8, 4) is 5.75 Å². The second-order valence-corrected chi connectivity index (χ2v) is 9.49. The number of benzene rings is 1. The lowest BCUT2D eigenvalue weighted by Gasteiger charge is -2.54. The molecule has 4 rings (SSSR count). The molecule has 10 heteroatoms. The SMILES string of the molecule is CN(C)[C@@H]1C(O)=C(C(N)=O)C[C@@]2(O)C(O)=C3C(=O)c4c(O)c(N)cc(F)c4C[C@@]3(C)C[C@@H]12. The van der Waals surface area contributed by atoms with Gasteiger partial charge in [-0.3, -0.25) is 14.5 Å². The summed E-state index contributed by atoms with van der Waals surface area (Å²) >= 11 is 0. The van der Waals surface area contributed by atoms with E-state index in [0.717, 1.165) is 6.07 Å². The number of rotatable bonds is 2. The number of allylic oxidation sites excluding steroid dienone is 1. The Balaban J connectivity index is 1.99. The Labute approximate surface area is 183 Å². The molecule has 1 aromatic rings. The number of phenols is 1. The Morgan fingerprint density at radius 3 is 2.44 bits per heavy atom. The molecule has 0 unspecified atom stereocenters. The van der Waals surface area contributed by atoms with Gasteiger partial charge in [0.05, 0.1) is 22.9 Å². The third-order valence-corrected chi connectivity index (χ3v) is 7.21. The van der Waals surface area contributed by atoms with Crippen LogP contribution in [-0.2, 0) is 11.2 Å². The van der Waals surface area contributed by atoms with Crippen molar-refractivity contribution in [3.63, 3.8) is 0 Å². The monoisotopic (exact) mass is 447 g/mol. The van der Waals surface area contributed by atoms with Crippen LogP contribution in [0.15, 0.2) is 28.7 Å². The van der Waals surface area contributed by atoms with Crippen LogP contribution >= 0.6 is 0 Å². The molecule has 172 valence electrons. The van der Waals surface area contributed by atoms with Gasteiger partial charge in [-0.05, 0) is 26.9 Å². The molecule has 0 heterocycles. The lowest BCUT2D eigenvalue weighted by Crippen LogP contribution is -2.61. The van der Waals surface area contributed by atoms with Gasteiger partial charge in [0, 0.05) is 35.0 Å². The lowest BCUT2D eigenvalue weighted by atomic mass is 9.53. The number of carbonyl (C=O) groups is 2. The highest BCUT2D eigenvalue weighted by Gasteiger charge is 2.61. The number of aliphatic hydroxyl groups excluding tert-OH is 2. The molecule has 4 atom stereocenters. The molecule has 0 bridgehead atoms. The second-order valence-electron chi connectivity index (χ2n) is 9.49. The first-order valence-electron chi connectivity index (χ1n) is 10.1. The number of aliphatic hydroxyl groups is 3. The number of carbonyl (C=O) groups excluding carboxylic acids is 2. The number of primary amides is 1. The molecule has 3 aliphatic rings. The molecular weight excluding hydrogens is 421 g/mol. The number of aromatic hydroxyl groups is 1. The normalized spacial score (nSPS) is 32.0. The molecule has 1 amide bonds. The summed E-state index contributed by atoms with van der Waals surface area (Å²) in [5.74, 6) is -4.97. The van der Waals surface area contributed by atoms with Crippen LogP contribution in [0, 0.1) is 17.2 Å². The van der Waals surface area contributed by atoms with Gasteiger partial charge in [-0.1, -0.05) is 6.92 Å². The highest BCUT2D eigenvalue weighted by atomic mass is 19.1. The number of nitrogens with zero attached hydrogens (tertiary/aromatic N) is 1. The summed E-state index contributed by atoms with van der Waals surface area (Å²) in [5, 5.41) is 44.0. The number of nitrogens with two attached hydrogens (primary N) is 2. The maximum absolute atomic E-state index is 14.7. The largest absolute Gasteiger partial charge is 0.510 e. The fourth-order valence-corrected chi connectivity index (χ4v) is 5.74. The minimum atomic E-state index is -2.08. The molecule has 32 heavy (non-hydrogen) atoms. The van der Waals surface area contributed by atoms with Crippen LogP contribution in [0.4, 0.5) is 10.1 Å². The van der Waals surface area contributed by atoms with E-state index in [0.29, 0.717) is 0 Å². The maximum atomic E-state index is 14.7. The predicted octanol–water partition coefficient (Wildman–Crippen LogP) is 1.05. The van der Waals surface area contributed by atoms with Crippen LogP contribution in [0.1, 0.15) is 35.7 Å². The topological polar surface area (TPSA) is 170 Å². The van der Waals surface area contributed by atoms with E-state index in [4.69, 9.17) is 11.5 Å². The zero-order chi connectivity index (χ0) is 23.9. The molecule has 0 aromatic heterocycles. The van der Waals surface area contributed by atoms with E-state index < -0.39 is 58.4 Å². The molecule has 0 spiro atoms. The van der Waals surface area contributed by atoms with Gasteiger partial charge in [0.15, 0.2) is 5.78 Å². The van der Waals surface area contributed by atoms with Gasteiger partial charge < -0.3 is 31.9 Å². The summed E-state index contributed by atoms with van der Waals surface area (Å²) in [6, 6.07) is 0.0492. The summed E-state index contributed by atoms with van der Waals surface area (Å²) in [7, 11) is 3.26. The molecule has 0 fully saturated rings. The first-order valence-corrected chi connectivity index (χ1v) is 10.1. The first kappa shape index (κ1) is 22.1. The van der Waals surface area contributed by atoms with Crippen molar-refractivity contribution in [1.29, 1.82) is 0 Å². The van der Waals surface area contributed by atoms with Gasteiger partial charge >= 0.3 is 0 Å².